The molecule has 12 aliphatic rings. The predicted octanol–water partition coefficient (Wildman–Crippen LogP) is 9.95. The van der Waals surface area contributed by atoms with Crippen molar-refractivity contribution in [2.45, 2.75) is 173 Å². The molecule has 0 spiro atoms. The zero-order valence-electron chi connectivity index (χ0n) is 83.8. The van der Waals surface area contributed by atoms with Gasteiger partial charge in [-0.05, 0) is 208 Å². The number of aromatic nitrogens is 11. The molecule has 0 aromatic carbocycles. The van der Waals surface area contributed by atoms with Crippen LogP contribution in [0.5, 0.6) is 23.5 Å². The molecule has 15 heterocycles. The van der Waals surface area contributed by atoms with Crippen molar-refractivity contribution >= 4 is 93.8 Å². The summed E-state index contributed by atoms with van der Waals surface area (Å²) in [4.78, 5) is 112. The van der Waals surface area contributed by atoms with Crippen LogP contribution in [0.4, 0.5) is 42.4 Å². The van der Waals surface area contributed by atoms with Crippen molar-refractivity contribution in [3.63, 3.8) is 0 Å². The first-order valence-corrected chi connectivity index (χ1v) is 57.0. The zero-order chi connectivity index (χ0) is 103. The van der Waals surface area contributed by atoms with E-state index in [1.54, 1.807) is 133 Å². The van der Waals surface area contributed by atoms with Gasteiger partial charge in [0.15, 0.2) is 0 Å². The zero-order valence-corrected chi connectivity index (χ0v) is 87.1. The highest BCUT2D eigenvalue weighted by Crippen LogP contribution is 2.43. The SMILES string of the molecule is C.C=CS(=O)(=O)N1CCN(c2cnc(OCC3CCN(C(=O)OC4(C)CC4)CC3)cn2)CC1.CC1(OC(=O)N2CCC(COc3cnc(N4CCN(S(=O)(=O)/C=C/c5cccnc5)CC4)cn3)CC2)CC1.CC1(OC(=O)N2CCC(COc3cnc(N4CCN(S(=O)(=O)CCc5cccnc5)CC4)cn3)CC2)CC1.CC1(OC(=O)N2CCC(COc3cnc(N4CCN(S(=O)(=O)CCc5cccnc5)CC4)cn3)CC2)CC1. The minimum absolute atomic E-state index is 0. The van der Waals surface area contributed by atoms with Crippen molar-refractivity contribution in [1.82, 2.24) is 91.6 Å². The topological polar surface area (TPSA) is 459 Å². The summed E-state index contributed by atoms with van der Waals surface area (Å²) in [6, 6.07) is 11.0. The predicted molar refractivity (Wildman–Crippen MR) is 550 cm³/mol. The maximum atomic E-state index is 12.8. The molecule has 0 unspecified atom stereocenters. The number of ether oxygens (including phenoxy) is 8. The van der Waals surface area contributed by atoms with Gasteiger partial charge in [0.05, 0.1) is 87.5 Å². The largest absolute Gasteiger partial charge is 0.476 e. The molecule has 7 aromatic heterocycles. The standard InChI is InChI=1S/2C26H36N6O5S.C26H34N6O5S.C21H31N5O5S.CH4/c3*1-26(7-8-26)37-25(33)31-10-4-22(5-11-31)20-36-24-19-28-23(18-29-24)30-12-14-32(15-13-30)38(34,35)16-6-21-3-2-9-27-17-21;1-3-32(28,29)26-12-10-24(11-13-26)18-14-23-19(15-22-18)30-16-17-4-8-25(9-5-17)20(27)31-21(2)6-7-21;/h2*2-3,9,17-19,22H,4-8,10-16,20H2,1H3;2-3,6,9,16-19,22H,4-5,7-8,10-15,20H2,1H3;3,14-15,17H,1,4-13,16H2,2H3;1H4/b;;16-6+;;. The van der Waals surface area contributed by atoms with E-state index < -0.39 is 40.1 Å². The summed E-state index contributed by atoms with van der Waals surface area (Å²) in [7, 11) is -13.6. The lowest BCUT2D eigenvalue weighted by atomic mass is 9.98. The van der Waals surface area contributed by atoms with E-state index in [1.807, 2.05) is 71.6 Å². The van der Waals surface area contributed by atoms with Gasteiger partial charge in [-0.25, -0.2) is 92.7 Å². The van der Waals surface area contributed by atoms with Gasteiger partial charge < -0.3 is 77.1 Å². The lowest BCUT2D eigenvalue weighted by Gasteiger charge is -2.34. The summed E-state index contributed by atoms with van der Waals surface area (Å²) in [6.07, 6.45) is 39.4. The molecule has 19 rings (SSSR count). The number of nitrogens with zero attached hydrogens (tertiary/aromatic N) is 23. The first-order valence-electron chi connectivity index (χ1n) is 50.8. The Morgan fingerprint density at radius 2 is 0.592 bits per heavy atom. The summed E-state index contributed by atoms with van der Waals surface area (Å²) < 4.78 is 152. The molecule has 147 heavy (non-hydrogen) atoms. The Morgan fingerprint density at radius 3 is 0.823 bits per heavy atom. The number of hydrogen-bond acceptors (Lipinski definition) is 35. The molecule has 43 nitrogen and oxygen atoms in total. The van der Waals surface area contributed by atoms with E-state index in [0.717, 1.165) is 125 Å². The number of aryl methyl sites for hydroxylation is 2. The van der Waals surface area contributed by atoms with Gasteiger partial charge in [0.2, 0.25) is 63.6 Å². The first-order chi connectivity index (χ1) is 70.2. The number of hydrogen-bond donors (Lipinski definition) is 0. The molecule has 4 aliphatic carbocycles. The first kappa shape index (κ1) is 110. The smallest absolute Gasteiger partial charge is 0.410 e. The van der Waals surface area contributed by atoms with Crippen molar-refractivity contribution in [2.24, 2.45) is 23.7 Å². The van der Waals surface area contributed by atoms with Gasteiger partial charge in [0.1, 0.15) is 45.7 Å². The third-order valence-corrected chi connectivity index (χ3v) is 35.6. The van der Waals surface area contributed by atoms with Gasteiger partial charge in [-0.2, -0.15) is 17.2 Å². The number of piperidine rings is 4. The number of likely N-dealkylation sites (tertiary alicyclic amines) is 4. The van der Waals surface area contributed by atoms with Gasteiger partial charge >= 0.3 is 24.4 Å². The van der Waals surface area contributed by atoms with E-state index in [-0.39, 0.29) is 65.7 Å². The fourth-order valence-electron chi connectivity index (χ4n) is 17.8. The number of pyridine rings is 3. The van der Waals surface area contributed by atoms with Crippen LogP contribution < -0.4 is 38.5 Å². The summed E-state index contributed by atoms with van der Waals surface area (Å²) in [5, 5.41) is 2.22. The summed E-state index contributed by atoms with van der Waals surface area (Å²) in [5.41, 5.74) is 1.60. The molecule has 8 aliphatic heterocycles. The van der Waals surface area contributed by atoms with Gasteiger partial charge in [0, 0.05) is 205 Å². The van der Waals surface area contributed by atoms with E-state index in [0.29, 0.717) is 267 Å². The second-order valence-corrected chi connectivity index (χ2v) is 48.2. The Balaban J connectivity index is 0.000000147. The Labute approximate surface area is 863 Å². The monoisotopic (exact) mass is 2110 g/mol. The fraction of sp³-hybridized carbons (Fsp3) is 0.610. The number of carbonyl (C=O) groups excluding carboxylic acids is 4. The molecule has 47 heteroatoms. The van der Waals surface area contributed by atoms with Crippen LogP contribution in [0.25, 0.3) is 6.08 Å². The Hall–Kier alpha value is -11.6. The van der Waals surface area contributed by atoms with Crippen LogP contribution in [-0.2, 0) is 71.9 Å². The second-order valence-electron chi connectivity index (χ2n) is 40.3. The fourth-order valence-corrected chi connectivity index (χ4v) is 22.8. The van der Waals surface area contributed by atoms with Gasteiger partial charge in [-0.1, -0.05) is 32.2 Å². The minimum Gasteiger partial charge on any atom is -0.476 e. The molecule has 0 N–H and O–H groups in total. The Kier molecular flexibility index (Phi) is 37.0. The van der Waals surface area contributed by atoms with E-state index >= 15 is 0 Å². The normalized spacial score (nSPS) is 20.5. The minimum atomic E-state index is -3.51. The van der Waals surface area contributed by atoms with Crippen LogP contribution in [0.1, 0.15) is 155 Å². The maximum absolute atomic E-state index is 12.8. The van der Waals surface area contributed by atoms with Gasteiger partial charge in [-0.15, -0.1) is 0 Å². The molecule has 4 amide bonds. The Bertz CT molecular complexity index is 5750. The highest BCUT2D eigenvalue weighted by Gasteiger charge is 2.47. The van der Waals surface area contributed by atoms with Crippen LogP contribution in [-0.4, -0.2) is 367 Å². The molecule has 0 atom stereocenters. The molecular formula is C100H141N23O20S4. The third kappa shape index (κ3) is 32.4. The molecule has 0 bridgehead atoms. The number of sulfonamides is 4. The highest BCUT2D eigenvalue weighted by molar-refractivity contribution is 7.92. The number of piperazine rings is 4. The third-order valence-electron chi connectivity index (χ3n) is 28.8. The second kappa shape index (κ2) is 49.7. The van der Waals surface area contributed by atoms with Crippen molar-refractivity contribution in [2.75, 3.05) is 215 Å². The van der Waals surface area contributed by atoms with Crippen LogP contribution in [0.15, 0.2) is 141 Å². The van der Waals surface area contributed by atoms with Crippen molar-refractivity contribution < 1.29 is 90.7 Å². The van der Waals surface area contributed by atoms with Gasteiger partial charge in [0.25, 0.3) is 0 Å². The molecule has 8 saturated heterocycles. The summed E-state index contributed by atoms with van der Waals surface area (Å²) >= 11 is 0. The summed E-state index contributed by atoms with van der Waals surface area (Å²) in [5.74, 6) is 6.22. The molecule has 12 fully saturated rings. The van der Waals surface area contributed by atoms with Crippen molar-refractivity contribution in [3.8, 4) is 23.5 Å². The molecule has 800 valence electrons. The van der Waals surface area contributed by atoms with Crippen LogP contribution in [0, 0.1) is 23.7 Å². The van der Waals surface area contributed by atoms with Crippen LogP contribution in [0.3, 0.4) is 0 Å². The lowest BCUT2D eigenvalue weighted by Crippen LogP contribution is -2.49. The molecule has 0 radical (unpaired) electrons. The van der Waals surface area contributed by atoms with Gasteiger partial charge in [-0.3, -0.25) is 15.0 Å². The Morgan fingerprint density at radius 1 is 0.333 bits per heavy atom. The van der Waals surface area contributed by atoms with Crippen molar-refractivity contribution in [3.05, 3.63) is 157 Å². The number of rotatable bonds is 33. The van der Waals surface area contributed by atoms with E-state index in [4.69, 9.17) is 37.9 Å². The lowest BCUT2D eigenvalue weighted by molar-refractivity contribution is 0.0446. The van der Waals surface area contributed by atoms with Crippen LogP contribution in [0.2, 0.25) is 0 Å². The van der Waals surface area contributed by atoms with Crippen LogP contribution >= 0.6 is 0 Å². The number of anilines is 4. The highest BCUT2D eigenvalue weighted by atomic mass is 32.2. The average Bonchev–Trinajstić information content (AvgIpc) is 1.61. The number of amides is 4. The molecule has 4 saturated carbocycles. The molecular weight excluding hydrogens is 1970 g/mol. The van der Waals surface area contributed by atoms with E-state index in [2.05, 4.69) is 61.4 Å². The number of carbonyl (C=O) groups is 4. The molecule has 7 aromatic rings. The van der Waals surface area contributed by atoms with E-state index in [9.17, 15) is 52.8 Å². The summed E-state index contributed by atoms with van der Waals surface area (Å²) in [6.45, 7) is 26.4. The van der Waals surface area contributed by atoms with E-state index in [1.165, 1.54) is 14.0 Å². The average molecular weight is 2110 g/mol. The van der Waals surface area contributed by atoms with Crippen molar-refractivity contribution in [1.29, 1.82) is 0 Å². The quantitative estimate of drug-likeness (QED) is 0.0345. The maximum Gasteiger partial charge on any atom is 0.410 e.